The van der Waals surface area contributed by atoms with E-state index in [1.807, 2.05) is 6.92 Å². The van der Waals surface area contributed by atoms with Crippen LogP contribution in [0.25, 0.3) is 0 Å². The van der Waals surface area contributed by atoms with Gasteiger partial charge in [0.1, 0.15) is 6.04 Å². The molecule has 0 bridgehead atoms. The lowest BCUT2D eigenvalue weighted by molar-refractivity contribution is -0.159. The average molecular weight is 488 g/mol. The zero-order chi connectivity index (χ0) is 25.6. The molecule has 2 fully saturated rings. The molecule has 0 aromatic carbocycles. The molecule has 0 radical (unpaired) electrons. The first-order valence-electron chi connectivity index (χ1n) is 13.9. The van der Waals surface area contributed by atoms with Crippen molar-refractivity contribution in [2.45, 2.75) is 117 Å². The molecule has 3 rings (SSSR count). The fourth-order valence-electron chi connectivity index (χ4n) is 5.89. The van der Waals surface area contributed by atoms with Crippen molar-refractivity contribution in [3.63, 3.8) is 0 Å². The van der Waals surface area contributed by atoms with Gasteiger partial charge < -0.3 is 4.74 Å². The predicted octanol–water partition coefficient (Wildman–Crippen LogP) is 5.46. The number of aromatic nitrogens is 4. The third kappa shape index (κ3) is 7.86. The fourth-order valence-corrected chi connectivity index (χ4v) is 5.89. The second kappa shape index (κ2) is 12.5. The Morgan fingerprint density at radius 1 is 1.17 bits per heavy atom. The Kier molecular flexibility index (Phi) is 9.91. The maximum Gasteiger partial charge on any atom is 0.323 e. The van der Waals surface area contributed by atoms with Gasteiger partial charge in [-0.15, -0.1) is 16.8 Å². The van der Waals surface area contributed by atoms with Gasteiger partial charge >= 0.3 is 5.97 Å². The number of likely N-dealkylation sites (tertiary alicyclic amines) is 1. The molecule has 0 spiro atoms. The highest BCUT2D eigenvalue weighted by atomic mass is 16.5. The summed E-state index contributed by atoms with van der Waals surface area (Å²) in [6.45, 7) is 19.3. The molecule has 7 heteroatoms. The fraction of sp³-hybridized carbons (Fsp3) is 0.857. The minimum atomic E-state index is -0.126. The van der Waals surface area contributed by atoms with Gasteiger partial charge in [-0.05, 0) is 88.7 Å². The van der Waals surface area contributed by atoms with Gasteiger partial charge in [-0.2, -0.15) is 4.80 Å². The van der Waals surface area contributed by atoms with E-state index in [4.69, 9.17) is 4.74 Å². The highest BCUT2D eigenvalue weighted by Gasteiger charge is 2.45. The topological polar surface area (TPSA) is 73.1 Å². The van der Waals surface area contributed by atoms with Gasteiger partial charge in [0.2, 0.25) is 0 Å². The average Bonchev–Trinajstić information content (AvgIpc) is 3.28. The summed E-state index contributed by atoms with van der Waals surface area (Å²) in [4.78, 5) is 17.4. The van der Waals surface area contributed by atoms with Gasteiger partial charge in [-0.3, -0.25) is 9.69 Å². The second-order valence-corrected chi connectivity index (χ2v) is 12.1. The van der Waals surface area contributed by atoms with Crippen LogP contribution in [0, 0.1) is 23.7 Å². The third-order valence-electron chi connectivity index (χ3n) is 8.34. The molecule has 1 saturated heterocycles. The molecular formula is C28H49N5O2. The molecule has 4 atom stereocenters. The van der Waals surface area contributed by atoms with Crippen molar-refractivity contribution < 1.29 is 9.53 Å². The number of fused-ring (bicyclic) bond motifs is 1. The Hall–Kier alpha value is -1.76. The Balaban J connectivity index is 1.57. The number of piperidine rings is 1. The summed E-state index contributed by atoms with van der Waals surface area (Å²) in [5.74, 6) is 3.24. The maximum absolute atomic E-state index is 13.3. The largest absolute Gasteiger partial charge is 0.464 e. The van der Waals surface area contributed by atoms with Crippen LogP contribution >= 0.6 is 0 Å². The van der Waals surface area contributed by atoms with Crippen LogP contribution in [-0.2, 0) is 22.5 Å². The molecule has 7 nitrogen and oxygen atoms in total. The molecule has 1 saturated carbocycles. The van der Waals surface area contributed by atoms with Crippen molar-refractivity contribution in [1.82, 2.24) is 25.1 Å². The van der Waals surface area contributed by atoms with Gasteiger partial charge in [0.15, 0.2) is 5.82 Å². The van der Waals surface area contributed by atoms with Crippen molar-refractivity contribution in [2.24, 2.45) is 23.7 Å². The summed E-state index contributed by atoms with van der Waals surface area (Å²) in [6, 6.07) is -0.126. The van der Waals surface area contributed by atoms with E-state index in [0.29, 0.717) is 30.3 Å². The van der Waals surface area contributed by atoms with E-state index in [2.05, 4.69) is 61.5 Å². The van der Waals surface area contributed by atoms with Gasteiger partial charge in [0.25, 0.3) is 0 Å². The van der Waals surface area contributed by atoms with Crippen LogP contribution in [0.2, 0.25) is 0 Å². The van der Waals surface area contributed by atoms with Crippen molar-refractivity contribution >= 4 is 5.97 Å². The summed E-state index contributed by atoms with van der Waals surface area (Å²) in [6.07, 6.45) is 9.60. The number of allylic oxidation sites excluding steroid dienone is 1. The number of carbonyl (C=O) groups is 1. The van der Waals surface area contributed by atoms with E-state index in [9.17, 15) is 4.79 Å². The molecule has 1 aromatic rings. The van der Waals surface area contributed by atoms with E-state index in [1.165, 1.54) is 19.3 Å². The normalized spacial score (nSPS) is 25.5. The van der Waals surface area contributed by atoms with Gasteiger partial charge in [0.05, 0.1) is 13.2 Å². The summed E-state index contributed by atoms with van der Waals surface area (Å²) >= 11 is 0. The number of nitrogens with zero attached hydrogens (tertiary/aromatic N) is 5. The van der Waals surface area contributed by atoms with Crippen LogP contribution in [0.15, 0.2) is 12.2 Å². The van der Waals surface area contributed by atoms with Crippen molar-refractivity contribution in [2.75, 3.05) is 13.2 Å². The molecule has 1 aromatic heterocycles. The van der Waals surface area contributed by atoms with Crippen LogP contribution in [-0.4, -0.2) is 55.8 Å². The molecule has 35 heavy (non-hydrogen) atoms. The third-order valence-corrected chi connectivity index (χ3v) is 8.34. The van der Waals surface area contributed by atoms with E-state index in [0.717, 1.165) is 63.0 Å². The Labute approximate surface area is 213 Å². The summed E-state index contributed by atoms with van der Waals surface area (Å²) < 4.78 is 5.89. The van der Waals surface area contributed by atoms with Crippen molar-refractivity contribution in [3.8, 4) is 0 Å². The maximum atomic E-state index is 13.3. The van der Waals surface area contributed by atoms with E-state index in [1.54, 1.807) is 4.80 Å². The number of esters is 1. The summed E-state index contributed by atoms with van der Waals surface area (Å²) in [5, 5.41) is 13.0. The van der Waals surface area contributed by atoms with E-state index < -0.39 is 0 Å². The van der Waals surface area contributed by atoms with Crippen LogP contribution in [0.3, 0.4) is 0 Å². The number of ether oxygens (including phenoxy) is 1. The SMILES string of the molecule is C=C(C)CCn1nnc(CCC2CCC3CN(C(C)(C)C)C(C(=O)OCC(CC)CC)CC3C2)n1. The van der Waals surface area contributed by atoms with Crippen molar-refractivity contribution in [3.05, 3.63) is 18.0 Å². The first-order valence-corrected chi connectivity index (χ1v) is 13.9. The Morgan fingerprint density at radius 2 is 1.91 bits per heavy atom. The number of hydrogen-bond acceptors (Lipinski definition) is 6. The van der Waals surface area contributed by atoms with Gasteiger partial charge in [0, 0.05) is 18.5 Å². The molecular weight excluding hydrogens is 438 g/mol. The first-order chi connectivity index (χ1) is 16.6. The Morgan fingerprint density at radius 3 is 2.57 bits per heavy atom. The van der Waals surface area contributed by atoms with Crippen LogP contribution in [0.1, 0.15) is 98.7 Å². The predicted molar refractivity (Wildman–Crippen MR) is 140 cm³/mol. The summed E-state index contributed by atoms with van der Waals surface area (Å²) in [5.41, 5.74) is 1.10. The zero-order valence-corrected chi connectivity index (χ0v) is 23.1. The second-order valence-electron chi connectivity index (χ2n) is 12.1. The number of carbonyl (C=O) groups excluding carboxylic acids is 1. The number of rotatable bonds is 11. The minimum absolute atomic E-state index is 0.0111. The molecule has 0 N–H and O–H groups in total. The molecule has 1 aliphatic heterocycles. The summed E-state index contributed by atoms with van der Waals surface area (Å²) in [7, 11) is 0. The molecule has 1 aliphatic carbocycles. The first kappa shape index (κ1) is 27.8. The van der Waals surface area contributed by atoms with Crippen molar-refractivity contribution in [1.29, 1.82) is 0 Å². The quantitative estimate of drug-likeness (QED) is 0.305. The molecule has 2 heterocycles. The van der Waals surface area contributed by atoms with Gasteiger partial charge in [-0.1, -0.05) is 38.7 Å². The highest BCUT2D eigenvalue weighted by molar-refractivity contribution is 5.76. The highest BCUT2D eigenvalue weighted by Crippen LogP contribution is 2.44. The molecule has 0 amide bonds. The standard InChI is InChI=1S/C28H49N5O2/c1-8-21(9-2)19-35-27(34)25-17-24-16-22(10-12-23(24)18-32(25)28(5,6)7)11-13-26-29-31-33(30-26)15-14-20(3)4/h21-25H,3,8-19H2,1-2,4-7H3. The molecule has 198 valence electrons. The lowest BCUT2D eigenvalue weighted by Crippen LogP contribution is -2.59. The van der Waals surface area contributed by atoms with E-state index in [-0.39, 0.29) is 17.6 Å². The molecule has 4 unspecified atom stereocenters. The molecule has 2 aliphatic rings. The van der Waals surface area contributed by atoms with Crippen LogP contribution in [0.5, 0.6) is 0 Å². The van der Waals surface area contributed by atoms with E-state index >= 15 is 0 Å². The number of hydrogen-bond donors (Lipinski definition) is 0. The monoisotopic (exact) mass is 487 g/mol. The minimum Gasteiger partial charge on any atom is -0.464 e. The van der Waals surface area contributed by atoms with Crippen LogP contribution < -0.4 is 0 Å². The van der Waals surface area contributed by atoms with Gasteiger partial charge in [-0.25, -0.2) is 0 Å². The lowest BCUT2D eigenvalue weighted by Gasteiger charge is -2.51. The smallest absolute Gasteiger partial charge is 0.323 e. The lowest BCUT2D eigenvalue weighted by atomic mass is 9.67. The Bertz CT molecular complexity index is 826. The zero-order valence-electron chi connectivity index (χ0n) is 23.1. The van der Waals surface area contributed by atoms with Crippen LogP contribution in [0.4, 0.5) is 0 Å². The number of tetrazole rings is 1. The number of aryl methyl sites for hydroxylation is 2.